The van der Waals surface area contributed by atoms with Gasteiger partial charge >= 0.3 is 0 Å². The molecule has 0 radical (unpaired) electrons. The Morgan fingerprint density at radius 3 is 2.89 bits per heavy atom. The minimum absolute atomic E-state index is 0.0543. The number of hydrogen-bond donors (Lipinski definition) is 2. The van der Waals surface area contributed by atoms with E-state index in [4.69, 9.17) is 5.73 Å². The Morgan fingerprint density at radius 1 is 1.47 bits per heavy atom. The third-order valence-corrected chi connectivity index (χ3v) is 3.60. The number of piperidine rings is 1. The smallest absolute Gasteiger partial charge is 0.220 e. The molecule has 1 saturated heterocycles. The van der Waals surface area contributed by atoms with Crippen LogP contribution in [0.4, 0.5) is 0 Å². The molecule has 0 bridgehead atoms. The molecule has 1 fully saturated rings. The van der Waals surface area contributed by atoms with Crippen molar-refractivity contribution in [1.82, 2.24) is 9.88 Å². The van der Waals surface area contributed by atoms with E-state index in [1.165, 1.54) is 5.56 Å². The van der Waals surface area contributed by atoms with Crippen LogP contribution >= 0.6 is 0 Å². The largest absolute Gasteiger partial charge is 0.388 e. The normalized spacial score (nSPS) is 24.3. The molecule has 1 aromatic heterocycles. The summed E-state index contributed by atoms with van der Waals surface area (Å²) in [5.74, 6) is -0.432. The minimum atomic E-state index is -0.942. The van der Waals surface area contributed by atoms with Crippen LogP contribution in [0.5, 0.6) is 0 Å². The second-order valence-electron chi connectivity index (χ2n) is 5.35. The molecular formula is C14H21N3O2. The van der Waals surface area contributed by atoms with Gasteiger partial charge in [-0.05, 0) is 43.5 Å². The minimum Gasteiger partial charge on any atom is -0.388 e. The SMILES string of the molecule is NC(=O)CC1(O)CCCN(CCc2ccncc2)C1. The fourth-order valence-electron chi connectivity index (χ4n) is 2.70. The first kappa shape index (κ1) is 14.0. The lowest BCUT2D eigenvalue weighted by molar-refractivity contribution is -0.125. The molecule has 1 unspecified atom stereocenters. The van der Waals surface area contributed by atoms with Gasteiger partial charge in [0.2, 0.25) is 5.91 Å². The Labute approximate surface area is 113 Å². The molecule has 3 N–H and O–H groups in total. The Hall–Kier alpha value is -1.46. The molecule has 1 atom stereocenters. The van der Waals surface area contributed by atoms with E-state index in [0.717, 1.165) is 25.9 Å². The van der Waals surface area contributed by atoms with E-state index < -0.39 is 11.5 Å². The van der Waals surface area contributed by atoms with Crippen molar-refractivity contribution in [2.75, 3.05) is 19.6 Å². The summed E-state index contributed by atoms with van der Waals surface area (Å²) in [7, 11) is 0. The van der Waals surface area contributed by atoms with Gasteiger partial charge in [0, 0.05) is 25.5 Å². The van der Waals surface area contributed by atoms with Gasteiger partial charge in [-0.1, -0.05) is 0 Å². The lowest BCUT2D eigenvalue weighted by Gasteiger charge is -2.38. The maximum absolute atomic E-state index is 11.0. The monoisotopic (exact) mass is 263 g/mol. The number of amides is 1. The number of rotatable bonds is 5. The quantitative estimate of drug-likeness (QED) is 0.802. The molecule has 0 spiro atoms. The first-order valence-corrected chi connectivity index (χ1v) is 6.69. The third kappa shape index (κ3) is 4.29. The van der Waals surface area contributed by atoms with Crippen molar-refractivity contribution in [3.8, 4) is 0 Å². The highest BCUT2D eigenvalue weighted by Crippen LogP contribution is 2.24. The highest BCUT2D eigenvalue weighted by molar-refractivity contribution is 5.75. The van der Waals surface area contributed by atoms with Gasteiger partial charge in [-0.3, -0.25) is 9.78 Å². The van der Waals surface area contributed by atoms with E-state index in [0.29, 0.717) is 13.0 Å². The number of carbonyl (C=O) groups is 1. The second-order valence-corrected chi connectivity index (χ2v) is 5.35. The van der Waals surface area contributed by atoms with Crippen molar-refractivity contribution in [3.05, 3.63) is 30.1 Å². The van der Waals surface area contributed by atoms with Gasteiger partial charge in [0.25, 0.3) is 0 Å². The van der Waals surface area contributed by atoms with Crippen molar-refractivity contribution >= 4 is 5.91 Å². The topological polar surface area (TPSA) is 79.5 Å². The van der Waals surface area contributed by atoms with Crippen LogP contribution in [0.25, 0.3) is 0 Å². The maximum atomic E-state index is 11.0. The van der Waals surface area contributed by atoms with Gasteiger partial charge in [0.05, 0.1) is 12.0 Å². The fourth-order valence-corrected chi connectivity index (χ4v) is 2.70. The number of carbonyl (C=O) groups excluding carboxylic acids is 1. The molecule has 0 saturated carbocycles. The molecular weight excluding hydrogens is 242 g/mol. The van der Waals surface area contributed by atoms with E-state index in [-0.39, 0.29) is 6.42 Å². The number of nitrogens with zero attached hydrogens (tertiary/aromatic N) is 2. The van der Waals surface area contributed by atoms with Crippen molar-refractivity contribution in [2.45, 2.75) is 31.3 Å². The van der Waals surface area contributed by atoms with Gasteiger partial charge in [0.1, 0.15) is 0 Å². The van der Waals surface area contributed by atoms with Crippen LogP contribution in [0, 0.1) is 0 Å². The summed E-state index contributed by atoms with van der Waals surface area (Å²) in [5, 5.41) is 10.4. The lowest BCUT2D eigenvalue weighted by atomic mass is 9.89. The Bertz CT molecular complexity index is 424. The summed E-state index contributed by atoms with van der Waals surface area (Å²) < 4.78 is 0. The molecule has 1 amide bonds. The first-order chi connectivity index (χ1) is 9.07. The molecule has 1 aliphatic rings. The predicted molar refractivity (Wildman–Crippen MR) is 72.4 cm³/mol. The van der Waals surface area contributed by atoms with Gasteiger partial charge < -0.3 is 15.7 Å². The number of aromatic nitrogens is 1. The van der Waals surface area contributed by atoms with Crippen LogP contribution in [0.1, 0.15) is 24.8 Å². The number of hydrogen-bond acceptors (Lipinski definition) is 4. The number of aliphatic hydroxyl groups is 1. The zero-order valence-electron chi connectivity index (χ0n) is 11.1. The Morgan fingerprint density at radius 2 is 2.21 bits per heavy atom. The van der Waals surface area contributed by atoms with E-state index in [1.807, 2.05) is 12.1 Å². The predicted octanol–water partition coefficient (Wildman–Crippen LogP) is 0.326. The summed E-state index contributed by atoms with van der Waals surface area (Å²) in [6.07, 6.45) is 6.11. The summed E-state index contributed by atoms with van der Waals surface area (Å²) in [5.41, 5.74) is 5.49. The van der Waals surface area contributed by atoms with Crippen LogP contribution in [-0.4, -0.2) is 46.1 Å². The lowest BCUT2D eigenvalue weighted by Crippen LogP contribution is -2.50. The Kier molecular flexibility index (Phi) is 4.50. The highest BCUT2D eigenvalue weighted by Gasteiger charge is 2.34. The van der Waals surface area contributed by atoms with Crippen molar-refractivity contribution in [3.63, 3.8) is 0 Å². The summed E-state index contributed by atoms with van der Waals surface area (Å²) >= 11 is 0. The zero-order chi connectivity index (χ0) is 13.7. The fraction of sp³-hybridized carbons (Fsp3) is 0.571. The molecule has 2 heterocycles. The molecule has 5 nitrogen and oxygen atoms in total. The van der Waals surface area contributed by atoms with Gasteiger partial charge in [0.15, 0.2) is 0 Å². The zero-order valence-corrected chi connectivity index (χ0v) is 11.1. The van der Waals surface area contributed by atoms with Crippen LogP contribution in [0.15, 0.2) is 24.5 Å². The van der Waals surface area contributed by atoms with Crippen LogP contribution in [0.2, 0.25) is 0 Å². The van der Waals surface area contributed by atoms with E-state index >= 15 is 0 Å². The number of β-amino-alcohol motifs (C(OH)–C–C–N with tert-alkyl or cyclic N) is 1. The van der Waals surface area contributed by atoms with Crippen LogP contribution < -0.4 is 5.73 Å². The molecule has 19 heavy (non-hydrogen) atoms. The number of likely N-dealkylation sites (tertiary alicyclic amines) is 1. The standard InChI is InChI=1S/C14H21N3O2/c15-13(18)10-14(19)5-1-8-17(11-14)9-4-12-2-6-16-7-3-12/h2-3,6-7,19H,1,4-5,8-11H2,(H2,15,18). The second kappa shape index (κ2) is 6.12. The van der Waals surface area contributed by atoms with Gasteiger partial charge in [-0.25, -0.2) is 0 Å². The number of primary amides is 1. The maximum Gasteiger partial charge on any atom is 0.220 e. The number of nitrogens with two attached hydrogens (primary N) is 1. The van der Waals surface area contributed by atoms with Crippen molar-refractivity contribution < 1.29 is 9.90 Å². The highest BCUT2D eigenvalue weighted by atomic mass is 16.3. The van der Waals surface area contributed by atoms with Crippen molar-refractivity contribution in [1.29, 1.82) is 0 Å². The summed E-state index contributed by atoms with van der Waals surface area (Å²) in [6, 6.07) is 4.00. The molecule has 2 rings (SSSR count). The van der Waals surface area contributed by atoms with Gasteiger partial charge in [-0.2, -0.15) is 0 Å². The molecule has 1 aromatic rings. The molecule has 5 heteroatoms. The number of pyridine rings is 1. The summed E-state index contributed by atoms with van der Waals surface area (Å²) in [6.45, 7) is 2.37. The van der Waals surface area contributed by atoms with Gasteiger partial charge in [-0.15, -0.1) is 0 Å². The van der Waals surface area contributed by atoms with E-state index in [2.05, 4.69) is 9.88 Å². The molecule has 104 valence electrons. The summed E-state index contributed by atoms with van der Waals surface area (Å²) in [4.78, 5) is 17.2. The van der Waals surface area contributed by atoms with E-state index in [1.54, 1.807) is 12.4 Å². The molecule has 0 aliphatic carbocycles. The van der Waals surface area contributed by atoms with E-state index in [9.17, 15) is 9.90 Å². The molecule has 0 aromatic carbocycles. The third-order valence-electron chi connectivity index (χ3n) is 3.60. The first-order valence-electron chi connectivity index (χ1n) is 6.69. The van der Waals surface area contributed by atoms with Crippen molar-refractivity contribution in [2.24, 2.45) is 5.73 Å². The molecule has 1 aliphatic heterocycles. The Balaban J connectivity index is 1.86. The average molecular weight is 263 g/mol. The van der Waals surface area contributed by atoms with Crippen LogP contribution in [-0.2, 0) is 11.2 Å². The average Bonchev–Trinajstić information content (AvgIpc) is 2.36. The van der Waals surface area contributed by atoms with Crippen LogP contribution in [0.3, 0.4) is 0 Å².